The van der Waals surface area contributed by atoms with Crippen LogP contribution in [-0.2, 0) is 21.5 Å². The van der Waals surface area contributed by atoms with E-state index in [0.717, 1.165) is 5.56 Å². The summed E-state index contributed by atoms with van der Waals surface area (Å²) in [5.74, 6) is -1.22. The van der Waals surface area contributed by atoms with E-state index in [2.05, 4.69) is 32.2 Å². The van der Waals surface area contributed by atoms with E-state index in [4.69, 9.17) is 10.5 Å². The summed E-state index contributed by atoms with van der Waals surface area (Å²) in [6.45, 7) is 7.88. The van der Waals surface area contributed by atoms with Gasteiger partial charge in [-0.15, -0.1) is 0 Å². The van der Waals surface area contributed by atoms with Gasteiger partial charge in [0.15, 0.2) is 0 Å². The molecular formula is C18H18N4O2. The Hall–Kier alpha value is -3.12. The zero-order chi connectivity index (χ0) is 18.1. The van der Waals surface area contributed by atoms with Crippen LogP contribution in [0.5, 0.6) is 0 Å². The van der Waals surface area contributed by atoms with E-state index in [1.165, 1.54) is 0 Å². The van der Waals surface area contributed by atoms with Crippen molar-refractivity contribution in [3.63, 3.8) is 0 Å². The first kappa shape index (κ1) is 17.2. The van der Waals surface area contributed by atoms with Crippen LogP contribution < -0.4 is 5.32 Å². The van der Waals surface area contributed by atoms with Gasteiger partial charge in [0.05, 0.1) is 6.07 Å². The van der Waals surface area contributed by atoms with E-state index in [0.29, 0.717) is 11.3 Å². The minimum absolute atomic E-state index is 0.0738. The Morgan fingerprint density at radius 2 is 1.92 bits per heavy atom. The van der Waals surface area contributed by atoms with Crippen LogP contribution in [0.1, 0.15) is 39.0 Å². The van der Waals surface area contributed by atoms with Crippen molar-refractivity contribution < 1.29 is 9.59 Å². The largest absolute Gasteiger partial charge is 0.334 e. The van der Waals surface area contributed by atoms with Gasteiger partial charge in [-0.05, 0) is 35.6 Å². The van der Waals surface area contributed by atoms with Gasteiger partial charge in [-0.1, -0.05) is 20.8 Å². The van der Waals surface area contributed by atoms with Crippen LogP contribution in [-0.4, -0.2) is 16.4 Å². The van der Waals surface area contributed by atoms with Crippen molar-refractivity contribution in [3.8, 4) is 12.1 Å². The van der Waals surface area contributed by atoms with Crippen LogP contribution in [0.4, 0.5) is 0 Å². The Kier molecular flexibility index (Phi) is 4.43. The van der Waals surface area contributed by atoms with E-state index in [-0.39, 0.29) is 23.1 Å². The molecule has 1 N–H and O–H groups in total. The number of nitriles is 2. The van der Waals surface area contributed by atoms with Crippen molar-refractivity contribution in [1.82, 2.24) is 9.88 Å². The summed E-state index contributed by atoms with van der Waals surface area (Å²) in [5.41, 5.74) is 2.12. The highest BCUT2D eigenvalue weighted by Gasteiger charge is 2.28. The first-order valence-corrected chi connectivity index (χ1v) is 7.45. The van der Waals surface area contributed by atoms with Crippen molar-refractivity contribution in [2.45, 2.75) is 39.7 Å². The number of carbonyl (C=O) groups excluding carboxylic acids is 2. The third kappa shape index (κ3) is 3.13. The lowest BCUT2D eigenvalue weighted by molar-refractivity contribution is -0.126. The van der Waals surface area contributed by atoms with Crippen molar-refractivity contribution in [2.24, 2.45) is 0 Å². The summed E-state index contributed by atoms with van der Waals surface area (Å²) in [5, 5.41) is 20.3. The van der Waals surface area contributed by atoms with Gasteiger partial charge in [0.25, 0.3) is 11.8 Å². The molecule has 2 amide bonds. The number of aromatic nitrogens is 1. The fourth-order valence-corrected chi connectivity index (χ4v) is 2.43. The molecule has 1 aliphatic heterocycles. The maximum Gasteiger partial charge on any atom is 0.269 e. The second-order valence-corrected chi connectivity index (χ2v) is 6.64. The van der Waals surface area contributed by atoms with Crippen LogP contribution in [0.2, 0.25) is 0 Å². The molecular weight excluding hydrogens is 304 g/mol. The van der Waals surface area contributed by atoms with Crippen molar-refractivity contribution in [1.29, 1.82) is 10.5 Å². The maximum atomic E-state index is 12.1. The number of hydrogen-bond donors (Lipinski definition) is 1. The molecule has 0 saturated carbocycles. The second kappa shape index (κ2) is 6.17. The molecule has 0 aliphatic carbocycles. The lowest BCUT2D eigenvalue weighted by Crippen LogP contribution is -2.37. The molecule has 0 bridgehead atoms. The Morgan fingerprint density at radius 1 is 1.25 bits per heavy atom. The van der Waals surface area contributed by atoms with Gasteiger partial charge in [0.1, 0.15) is 18.2 Å². The van der Waals surface area contributed by atoms with Gasteiger partial charge in [0, 0.05) is 17.5 Å². The molecule has 0 atom stereocenters. The zero-order valence-corrected chi connectivity index (χ0v) is 14.1. The maximum absolute atomic E-state index is 12.1. The molecule has 0 unspecified atom stereocenters. The zero-order valence-electron chi connectivity index (χ0n) is 14.1. The third-order valence-electron chi connectivity index (χ3n) is 3.92. The van der Waals surface area contributed by atoms with Gasteiger partial charge in [-0.2, -0.15) is 10.5 Å². The van der Waals surface area contributed by atoms with Crippen LogP contribution >= 0.6 is 0 Å². The summed E-state index contributed by atoms with van der Waals surface area (Å²) in [6.07, 6.45) is 3.49. The van der Waals surface area contributed by atoms with Crippen molar-refractivity contribution in [2.75, 3.05) is 0 Å². The number of amides is 2. The van der Waals surface area contributed by atoms with E-state index >= 15 is 0 Å². The van der Waals surface area contributed by atoms with Crippen LogP contribution in [0.3, 0.4) is 0 Å². The highest BCUT2D eigenvalue weighted by atomic mass is 16.2. The van der Waals surface area contributed by atoms with Crippen molar-refractivity contribution in [3.05, 3.63) is 40.2 Å². The third-order valence-corrected chi connectivity index (χ3v) is 3.92. The molecule has 2 heterocycles. The molecule has 0 saturated heterocycles. The lowest BCUT2D eigenvalue weighted by atomic mass is 9.89. The first-order chi connectivity index (χ1) is 11.2. The molecule has 122 valence electrons. The summed E-state index contributed by atoms with van der Waals surface area (Å²) in [6, 6.07) is 5.83. The van der Waals surface area contributed by atoms with Gasteiger partial charge in [-0.3, -0.25) is 14.9 Å². The Morgan fingerprint density at radius 3 is 2.46 bits per heavy atom. The van der Waals surface area contributed by atoms with Crippen LogP contribution in [0, 0.1) is 22.7 Å². The van der Waals surface area contributed by atoms with Gasteiger partial charge < -0.3 is 4.57 Å². The Balaban J connectivity index is 2.62. The number of imide groups is 1. The second-order valence-electron chi connectivity index (χ2n) is 6.64. The SMILES string of the molecule is CC1=C(C#N)C(=O)NC(=O)/C1=C\c1cc(C(C)(C)C)cn1CC#N. The number of nitrogens with one attached hydrogen (secondary N) is 1. The molecule has 0 radical (unpaired) electrons. The van der Waals surface area contributed by atoms with E-state index in [1.54, 1.807) is 17.6 Å². The molecule has 24 heavy (non-hydrogen) atoms. The average Bonchev–Trinajstić information content (AvgIpc) is 2.87. The smallest absolute Gasteiger partial charge is 0.269 e. The standard InChI is InChI=1S/C18H18N4O2/c1-11-14(16(23)21-17(24)15(11)9-20)8-13-7-12(18(2,3)4)10-22(13)6-5-19/h7-8,10H,6H2,1-4H3,(H,21,23,24)/b14-8-. The summed E-state index contributed by atoms with van der Waals surface area (Å²) in [7, 11) is 0. The van der Waals surface area contributed by atoms with E-state index < -0.39 is 11.8 Å². The molecule has 6 nitrogen and oxygen atoms in total. The molecule has 6 heteroatoms. The first-order valence-electron chi connectivity index (χ1n) is 7.45. The topological polar surface area (TPSA) is 98.7 Å². The molecule has 1 aromatic rings. The van der Waals surface area contributed by atoms with E-state index in [9.17, 15) is 9.59 Å². The predicted octanol–water partition coefficient (Wildman–Crippen LogP) is 2.19. The summed E-state index contributed by atoms with van der Waals surface area (Å²) < 4.78 is 1.75. The summed E-state index contributed by atoms with van der Waals surface area (Å²) >= 11 is 0. The highest BCUT2D eigenvalue weighted by Crippen LogP contribution is 2.27. The average molecular weight is 322 g/mol. The molecule has 0 spiro atoms. The molecule has 0 fully saturated rings. The predicted molar refractivity (Wildman–Crippen MR) is 88.2 cm³/mol. The monoisotopic (exact) mass is 322 g/mol. The molecule has 0 aromatic carbocycles. The quantitative estimate of drug-likeness (QED) is 0.666. The van der Waals surface area contributed by atoms with Gasteiger partial charge in [-0.25, -0.2) is 0 Å². The molecule has 2 rings (SSSR count). The fourth-order valence-electron chi connectivity index (χ4n) is 2.43. The fraction of sp³-hybridized carbons (Fsp3) is 0.333. The van der Waals surface area contributed by atoms with E-state index in [1.807, 2.05) is 18.3 Å². The van der Waals surface area contributed by atoms with Gasteiger partial charge in [0.2, 0.25) is 0 Å². The van der Waals surface area contributed by atoms with Crippen LogP contribution in [0.15, 0.2) is 29.0 Å². The number of nitrogens with zero attached hydrogens (tertiary/aromatic N) is 3. The molecule has 1 aromatic heterocycles. The Labute approximate surface area is 140 Å². The Bertz CT molecular complexity index is 864. The highest BCUT2D eigenvalue weighted by molar-refractivity contribution is 6.19. The van der Waals surface area contributed by atoms with Crippen molar-refractivity contribution >= 4 is 17.9 Å². The normalized spacial score (nSPS) is 16.8. The molecule has 1 aliphatic rings. The minimum atomic E-state index is -0.681. The summed E-state index contributed by atoms with van der Waals surface area (Å²) in [4.78, 5) is 23.8. The number of rotatable bonds is 2. The number of hydrogen-bond acceptors (Lipinski definition) is 4. The lowest BCUT2D eigenvalue weighted by Gasteiger charge is -2.16. The minimum Gasteiger partial charge on any atom is -0.334 e. The van der Waals surface area contributed by atoms with Gasteiger partial charge >= 0.3 is 0 Å². The number of carbonyl (C=O) groups is 2. The van der Waals surface area contributed by atoms with Crippen LogP contribution in [0.25, 0.3) is 6.08 Å².